The molecule has 7 heteroatoms. The molecule has 1 amide bonds. The maximum Gasteiger partial charge on any atom is 0.332 e. The Morgan fingerprint density at radius 1 is 1.38 bits per heavy atom. The van der Waals surface area contributed by atoms with Crippen LogP contribution in [0.15, 0.2) is 47.2 Å². The average molecular weight is 345 g/mol. The molecule has 1 heterocycles. The second kappa shape index (κ2) is 7.83. The first-order chi connectivity index (χ1) is 11.5. The fourth-order valence-corrected chi connectivity index (χ4v) is 2.32. The van der Waals surface area contributed by atoms with Crippen LogP contribution in [-0.4, -0.2) is 35.3 Å². The zero-order chi connectivity index (χ0) is 17.7. The van der Waals surface area contributed by atoms with Crippen molar-refractivity contribution in [3.05, 3.63) is 42.1 Å². The van der Waals surface area contributed by atoms with Gasteiger partial charge in [-0.15, -0.1) is 0 Å². The molecule has 0 N–H and O–H groups in total. The maximum absolute atomic E-state index is 12.7. The number of para-hydroxylation sites is 1. The topological polar surface area (TPSA) is 62.2 Å². The molecule has 0 radical (unpaired) electrons. The van der Waals surface area contributed by atoms with Crippen molar-refractivity contribution in [2.45, 2.75) is 20.3 Å². The van der Waals surface area contributed by atoms with Gasteiger partial charge in [-0.05, 0) is 36.7 Å². The van der Waals surface area contributed by atoms with Gasteiger partial charge >= 0.3 is 5.97 Å². The number of hydrogen-bond donors (Lipinski definition) is 0. The average Bonchev–Trinajstić information content (AvgIpc) is 2.83. The smallest absolute Gasteiger partial charge is 0.332 e. The Hall–Kier alpha value is -2.54. The molecule has 1 aromatic carbocycles. The van der Waals surface area contributed by atoms with Crippen LogP contribution in [0.4, 0.5) is 5.69 Å². The van der Waals surface area contributed by atoms with Crippen molar-refractivity contribution >= 4 is 41.1 Å². The van der Waals surface area contributed by atoms with Crippen LogP contribution in [0.25, 0.3) is 0 Å². The lowest BCUT2D eigenvalue weighted by Crippen LogP contribution is -2.30. The highest BCUT2D eigenvalue weighted by atomic mass is 32.1. The van der Waals surface area contributed by atoms with Gasteiger partial charge in [0.25, 0.3) is 5.91 Å². The zero-order valence-electron chi connectivity index (χ0n) is 13.8. The second-order valence-corrected chi connectivity index (χ2v) is 5.64. The predicted octanol–water partition coefficient (Wildman–Crippen LogP) is 2.71. The van der Waals surface area contributed by atoms with Gasteiger partial charge in [0.15, 0.2) is 0 Å². The number of esters is 1. The van der Waals surface area contributed by atoms with Crippen LogP contribution in [0.1, 0.15) is 20.3 Å². The van der Waals surface area contributed by atoms with Gasteiger partial charge in [0, 0.05) is 6.21 Å². The molecule has 1 saturated heterocycles. The summed E-state index contributed by atoms with van der Waals surface area (Å²) < 4.78 is 4.62. The first-order valence-electron chi connectivity index (χ1n) is 7.57. The summed E-state index contributed by atoms with van der Waals surface area (Å²) in [6.07, 6.45) is 3.71. The van der Waals surface area contributed by atoms with Crippen LogP contribution in [0.3, 0.4) is 0 Å². The third-order valence-corrected chi connectivity index (χ3v) is 3.93. The molecule has 2 rings (SSSR count). The molecule has 1 aromatic rings. The minimum atomic E-state index is -0.639. The SMILES string of the molecule is CCC(C)/C=N/N1C(=S)N(c2ccccc2)C(=O)/C1=C\C(=O)OC. The normalized spacial score (nSPS) is 17.9. The number of rotatable bonds is 5. The van der Waals surface area contributed by atoms with Crippen LogP contribution >= 0.6 is 12.2 Å². The highest BCUT2D eigenvalue weighted by Crippen LogP contribution is 2.28. The molecule has 1 aliphatic rings. The number of carbonyl (C=O) groups is 2. The van der Waals surface area contributed by atoms with Gasteiger partial charge in [0.2, 0.25) is 5.11 Å². The summed E-state index contributed by atoms with van der Waals surface area (Å²) in [4.78, 5) is 25.7. The van der Waals surface area contributed by atoms with E-state index in [1.807, 2.05) is 19.9 Å². The van der Waals surface area contributed by atoms with Crippen molar-refractivity contribution in [3.63, 3.8) is 0 Å². The number of thiocarbonyl (C=S) groups is 1. The Labute approximate surface area is 146 Å². The number of carbonyl (C=O) groups excluding carboxylic acids is 2. The largest absolute Gasteiger partial charge is 0.466 e. The number of nitrogens with zero attached hydrogens (tertiary/aromatic N) is 3. The van der Waals surface area contributed by atoms with E-state index in [1.54, 1.807) is 30.5 Å². The molecule has 0 bridgehead atoms. The molecule has 0 aliphatic carbocycles. The van der Waals surface area contributed by atoms with Gasteiger partial charge in [-0.1, -0.05) is 32.0 Å². The molecule has 1 atom stereocenters. The van der Waals surface area contributed by atoms with E-state index in [4.69, 9.17) is 12.2 Å². The molecule has 0 spiro atoms. The van der Waals surface area contributed by atoms with E-state index in [2.05, 4.69) is 9.84 Å². The minimum absolute atomic E-state index is 0.0651. The van der Waals surface area contributed by atoms with E-state index in [9.17, 15) is 9.59 Å². The number of amides is 1. The summed E-state index contributed by atoms with van der Waals surface area (Å²) in [5, 5.41) is 5.79. The lowest BCUT2D eigenvalue weighted by molar-refractivity contribution is -0.135. The number of ether oxygens (including phenoxy) is 1. The molecule has 24 heavy (non-hydrogen) atoms. The fraction of sp³-hybridized carbons (Fsp3) is 0.294. The Bertz CT molecular complexity index is 700. The fourth-order valence-electron chi connectivity index (χ4n) is 1.99. The van der Waals surface area contributed by atoms with Crippen molar-refractivity contribution in [1.82, 2.24) is 5.01 Å². The summed E-state index contributed by atoms with van der Waals surface area (Å²) in [6, 6.07) is 8.99. The van der Waals surface area contributed by atoms with Crippen LogP contribution in [0.2, 0.25) is 0 Å². The van der Waals surface area contributed by atoms with E-state index in [-0.39, 0.29) is 16.7 Å². The van der Waals surface area contributed by atoms with Gasteiger partial charge < -0.3 is 4.74 Å². The van der Waals surface area contributed by atoms with Gasteiger partial charge in [-0.2, -0.15) is 5.10 Å². The second-order valence-electron chi connectivity index (χ2n) is 5.27. The Morgan fingerprint density at radius 3 is 2.62 bits per heavy atom. The Balaban J connectivity index is 2.44. The minimum Gasteiger partial charge on any atom is -0.466 e. The van der Waals surface area contributed by atoms with E-state index < -0.39 is 11.9 Å². The first-order valence-corrected chi connectivity index (χ1v) is 7.97. The van der Waals surface area contributed by atoms with Crippen molar-refractivity contribution in [2.75, 3.05) is 12.0 Å². The lowest BCUT2D eigenvalue weighted by Gasteiger charge is -2.16. The van der Waals surface area contributed by atoms with Crippen LogP contribution in [0, 0.1) is 5.92 Å². The standard InChI is InChI=1S/C17H19N3O3S/c1-4-12(2)11-18-20-14(10-15(21)23-3)16(22)19(17(20)24)13-8-6-5-7-9-13/h5-12H,4H2,1-3H3/b14-10+,18-11+. The Morgan fingerprint density at radius 2 is 2.04 bits per heavy atom. The molecule has 126 valence electrons. The van der Waals surface area contributed by atoms with Gasteiger partial charge in [-0.25, -0.2) is 14.7 Å². The van der Waals surface area contributed by atoms with Crippen molar-refractivity contribution < 1.29 is 14.3 Å². The van der Waals surface area contributed by atoms with Crippen molar-refractivity contribution in [1.29, 1.82) is 0 Å². The molecular weight excluding hydrogens is 326 g/mol. The molecule has 0 aromatic heterocycles. The highest BCUT2D eigenvalue weighted by molar-refractivity contribution is 7.80. The quantitative estimate of drug-likeness (QED) is 0.355. The summed E-state index contributed by atoms with van der Waals surface area (Å²) in [7, 11) is 1.25. The summed E-state index contributed by atoms with van der Waals surface area (Å²) >= 11 is 5.40. The van der Waals surface area contributed by atoms with E-state index in [0.29, 0.717) is 5.69 Å². The number of hydrazone groups is 1. The third-order valence-electron chi connectivity index (χ3n) is 3.57. The molecule has 0 saturated carbocycles. The van der Waals surface area contributed by atoms with E-state index in [1.165, 1.54) is 17.0 Å². The Kier molecular flexibility index (Phi) is 5.81. The maximum atomic E-state index is 12.7. The van der Waals surface area contributed by atoms with Crippen LogP contribution < -0.4 is 4.90 Å². The van der Waals surface area contributed by atoms with E-state index in [0.717, 1.165) is 12.5 Å². The monoisotopic (exact) mass is 345 g/mol. The number of anilines is 1. The molecule has 1 fully saturated rings. The number of methoxy groups -OCH3 is 1. The summed E-state index contributed by atoms with van der Waals surface area (Å²) in [6.45, 7) is 4.04. The van der Waals surface area contributed by atoms with Crippen molar-refractivity contribution in [2.24, 2.45) is 11.0 Å². The summed E-state index contributed by atoms with van der Waals surface area (Å²) in [5.74, 6) is -0.842. The number of benzene rings is 1. The lowest BCUT2D eigenvalue weighted by atomic mass is 10.1. The van der Waals surface area contributed by atoms with Crippen LogP contribution in [0.5, 0.6) is 0 Å². The van der Waals surface area contributed by atoms with Crippen molar-refractivity contribution in [3.8, 4) is 0 Å². The number of hydrogen-bond acceptors (Lipinski definition) is 5. The zero-order valence-corrected chi connectivity index (χ0v) is 14.6. The molecular formula is C17H19N3O3S. The first kappa shape index (κ1) is 17.8. The predicted molar refractivity (Wildman–Crippen MR) is 96.4 cm³/mol. The van der Waals surface area contributed by atoms with Gasteiger partial charge in [0.1, 0.15) is 5.70 Å². The molecule has 1 aliphatic heterocycles. The van der Waals surface area contributed by atoms with E-state index >= 15 is 0 Å². The highest BCUT2D eigenvalue weighted by Gasteiger charge is 2.39. The van der Waals surface area contributed by atoms with Gasteiger partial charge in [0.05, 0.1) is 18.9 Å². The molecule has 1 unspecified atom stereocenters. The van der Waals surface area contributed by atoms with Gasteiger partial charge in [-0.3, -0.25) is 4.79 Å². The molecule has 6 nitrogen and oxygen atoms in total. The summed E-state index contributed by atoms with van der Waals surface area (Å²) in [5.41, 5.74) is 0.680. The van der Waals surface area contributed by atoms with Crippen LogP contribution in [-0.2, 0) is 14.3 Å². The third kappa shape index (κ3) is 3.68.